The van der Waals surface area contributed by atoms with Gasteiger partial charge in [-0.15, -0.1) is 0 Å². The second-order valence-corrected chi connectivity index (χ2v) is 7.05. The lowest BCUT2D eigenvalue weighted by Crippen LogP contribution is -2.66. The van der Waals surface area contributed by atoms with Crippen LogP contribution in [0.4, 0.5) is 0 Å². The summed E-state index contributed by atoms with van der Waals surface area (Å²) in [5.74, 6) is 0.823. The van der Waals surface area contributed by atoms with Crippen LogP contribution in [0.2, 0.25) is 0 Å². The van der Waals surface area contributed by atoms with Crippen LogP contribution in [0, 0.1) is 11.8 Å². The molecule has 1 atom stereocenters. The Morgan fingerprint density at radius 1 is 1.36 bits per heavy atom. The van der Waals surface area contributed by atoms with E-state index in [1.807, 2.05) is 4.90 Å². The van der Waals surface area contributed by atoms with Crippen molar-refractivity contribution in [1.29, 1.82) is 0 Å². The third-order valence-electron chi connectivity index (χ3n) is 4.50. The van der Waals surface area contributed by atoms with Crippen molar-refractivity contribution in [2.75, 3.05) is 47.0 Å². The van der Waals surface area contributed by atoms with Crippen molar-refractivity contribution in [2.45, 2.75) is 32.3 Å². The van der Waals surface area contributed by atoms with Gasteiger partial charge < -0.3 is 19.3 Å². The monoisotopic (exact) mass is 312 g/mol. The van der Waals surface area contributed by atoms with E-state index in [0.29, 0.717) is 38.6 Å². The van der Waals surface area contributed by atoms with Crippen LogP contribution >= 0.6 is 0 Å². The zero-order valence-electron chi connectivity index (χ0n) is 14.1. The minimum absolute atomic E-state index is 0.0321. The molecule has 2 amide bonds. The van der Waals surface area contributed by atoms with E-state index >= 15 is 0 Å². The number of nitrogens with zero attached hydrogens (tertiary/aromatic N) is 2. The molecule has 6 nitrogen and oxygen atoms in total. The molecule has 0 aromatic carbocycles. The fourth-order valence-electron chi connectivity index (χ4n) is 3.04. The largest absolute Gasteiger partial charge is 0.371 e. The molecule has 126 valence electrons. The average Bonchev–Trinajstić information content (AvgIpc) is 2.79. The van der Waals surface area contributed by atoms with Gasteiger partial charge >= 0.3 is 0 Å². The lowest BCUT2D eigenvalue weighted by Gasteiger charge is -2.50. The molecule has 2 aliphatic heterocycles. The Morgan fingerprint density at radius 2 is 2.05 bits per heavy atom. The summed E-state index contributed by atoms with van der Waals surface area (Å²) in [6.45, 7) is 6.77. The summed E-state index contributed by atoms with van der Waals surface area (Å²) in [6, 6.07) is 0. The summed E-state index contributed by atoms with van der Waals surface area (Å²) >= 11 is 0. The van der Waals surface area contributed by atoms with Crippen LogP contribution in [0.5, 0.6) is 0 Å². The van der Waals surface area contributed by atoms with Crippen LogP contribution in [0.25, 0.3) is 0 Å². The smallest absolute Gasteiger partial charge is 0.248 e. The Hall–Kier alpha value is -1.14. The van der Waals surface area contributed by atoms with Crippen LogP contribution in [0.15, 0.2) is 0 Å². The van der Waals surface area contributed by atoms with Crippen molar-refractivity contribution < 1.29 is 19.1 Å². The summed E-state index contributed by atoms with van der Waals surface area (Å²) in [5.41, 5.74) is -0.242. The highest BCUT2D eigenvalue weighted by atomic mass is 16.5. The van der Waals surface area contributed by atoms with Gasteiger partial charge in [-0.05, 0) is 12.3 Å². The van der Waals surface area contributed by atoms with Gasteiger partial charge in [0.2, 0.25) is 11.8 Å². The molecule has 2 heterocycles. The highest BCUT2D eigenvalue weighted by molar-refractivity contribution is 5.77. The van der Waals surface area contributed by atoms with Gasteiger partial charge in [0.15, 0.2) is 0 Å². The molecular formula is C16H28N2O4. The third kappa shape index (κ3) is 3.79. The summed E-state index contributed by atoms with van der Waals surface area (Å²) in [5, 5.41) is 0. The molecule has 0 aromatic heterocycles. The van der Waals surface area contributed by atoms with Crippen LogP contribution < -0.4 is 0 Å². The summed E-state index contributed by atoms with van der Waals surface area (Å²) < 4.78 is 11.5. The Bertz CT molecular complexity index is 416. The predicted molar refractivity (Wildman–Crippen MR) is 82.3 cm³/mol. The molecule has 2 fully saturated rings. The van der Waals surface area contributed by atoms with E-state index in [0.717, 1.165) is 6.42 Å². The predicted octanol–water partition coefficient (Wildman–Crippen LogP) is 0.755. The Kier molecular flexibility index (Phi) is 5.45. The number of hydrogen-bond donors (Lipinski definition) is 0. The SMILES string of the molecule is CC(C)CC(=O)N1CC2(C1)OCCC2COCC(=O)N(C)C. The lowest BCUT2D eigenvalue weighted by molar-refractivity contribution is -0.169. The van der Waals surface area contributed by atoms with Crippen LogP contribution in [-0.2, 0) is 19.1 Å². The molecule has 2 rings (SSSR count). The molecule has 2 aliphatic rings. The number of amides is 2. The first-order chi connectivity index (χ1) is 10.3. The molecule has 0 radical (unpaired) electrons. The molecule has 1 spiro atoms. The number of hydrogen-bond acceptors (Lipinski definition) is 4. The van der Waals surface area contributed by atoms with Crippen molar-refractivity contribution in [3.63, 3.8) is 0 Å². The van der Waals surface area contributed by atoms with Crippen molar-refractivity contribution in [2.24, 2.45) is 11.8 Å². The van der Waals surface area contributed by atoms with E-state index in [9.17, 15) is 9.59 Å². The minimum atomic E-state index is -0.242. The zero-order chi connectivity index (χ0) is 16.3. The second kappa shape index (κ2) is 6.96. The number of likely N-dealkylation sites (N-methyl/N-ethyl adjacent to an activating group) is 1. The first-order valence-electron chi connectivity index (χ1n) is 8.03. The topological polar surface area (TPSA) is 59.1 Å². The van der Waals surface area contributed by atoms with Gasteiger partial charge in [-0.1, -0.05) is 13.8 Å². The number of rotatable bonds is 6. The van der Waals surface area contributed by atoms with Crippen LogP contribution in [0.1, 0.15) is 26.7 Å². The van der Waals surface area contributed by atoms with E-state index in [4.69, 9.17) is 9.47 Å². The second-order valence-electron chi connectivity index (χ2n) is 7.05. The van der Waals surface area contributed by atoms with Crippen molar-refractivity contribution in [1.82, 2.24) is 9.80 Å². The van der Waals surface area contributed by atoms with Crippen LogP contribution in [-0.4, -0.2) is 74.2 Å². The van der Waals surface area contributed by atoms with E-state index in [2.05, 4.69) is 13.8 Å². The number of likely N-dealkylation sites (tertiary alicyclic amines) is 1. The van der Waals surface area contributed by atoms with Gasteiger partial charge in [0.1, 0.15) is 12.2 Å². The Balaban J connectivity index is 1.78. The molecule has 0 aromatic rings. The highest BCUT2D eigenvalue weighted by Gasteiger charge is 2.54. The minimum Gasteiger partial charge on any atom is -0.371 e. The zero-order valence-corrected chi connectivity index (χ0v) is 14.1. The maximum Gasteiger partial charge on any atom is 0.248 e. The molecule has 6 heteroatoms. The number of carbonyl (C=O) groups excluding carboxylic acids is 2. The van der Waals surface area contributed by atoms with Crippen LogP contribution in [0.3, 0.4) is 0 Å². The summed E-state index contributed by atoms with van der Waals surface area (Å²) in [4.78, 5) is 27.0. The fourth-order valence-corrected chi connectivity index (χ4v) is 3.04. The molecule has 0 N–H and O–H groups in total. The van der Waals surface area contributed by atoms with Gasteiger partial charge in [0, 0.05) is 33.0 Å². The Morgan fingerprint density at radius 3 is 2.64 bits per heavy atom. The average molecular weight is 312 g/mol. The standard InChI is InChI=1S/C16H28N2O4/c1-12(2)7-14(19)18-10-16(11-18)13(5-6-22-16)8-21-9-15(20)17(3)4/h12-13H,5-11H2,1-4H3. The quantitative estimate of drug-likeness (QED) is 0.726. The van der Waals surface area contributed by atoms with Crippen molar-refractivity contribution in [3.8, 4) is 0 Å². The summed E-state index contributed by atoms with van der Waals surface area (Å²) in [7, 11) is 3.44. The third-order valence-corrected chi connectivity index (χ3v) is 4.50. The number of carbonyl (C=O) groups is 2. The normalized spacial score (nSPS) is 23.0. The summed E-state index contributed by atoms with van der Waals surface area (Å²) in [6.07, 6.45) is 1.52. The van der Waals surface area contributed by atoms with Gasteiger partial charge in [-0.25, -0.2) is 0 Å². The van der Waals surface area contributed by atoms with Crippen molar-refractivity contribution >= 4 is 11.8 Å². The Labute approximate surface area is 132 Å². The maximum absolute atomic E-state index is 12.0. The number of ether oxygens (including phenoxy) is 2. The van der Waals surface area contributed by atoms with Gasteiger partial charge in [-0.3, -0.25) is 9.59 Å². The van der Waals surface area contributed by atoms with Gasteiger partial charge in [0.25, 0.3) is 0 Å². The van der Waals surface area contributed by atoms with Gasteiger partial charge in [-0.2, -0.15) is 0 Å². The van der Waals surface area contributed by atoms with Crippen molar-refractivity contribution in [3.05, 3.63) is 0 Å². The molecule has 0 bridgehead atoms. The molecule has 1 unspecified atom stereocenters. The molecule has 22 heavy (non-hydrogen) atoms. The van der Waals surface area contributed by atoms with E-state index in [-0.39, 0.29) is 29.9 Å². The maximum atomic E-state index is 12.0. The van der Waals surface area contributed by atoms with E-state index in [1.54, 1.807) is 14.1 Å². The molecule has 0 aliphatic carbocycles. The highest BCUT2D eigenvalue weighted by Crippen LogP contribution is 2.40. The van der Waals surface area contributed by atoms with E-state index in [1.165, 1.54) is 4.90 Å². The lowest BCUT2D eigenvalue weighted by atomic mass is 9.81. The molecule has 0 saturated carbocycles. The first kappa shape index (κ1) is 17.2. The fraction of sp³-hybridized carbons (Fsp3) is 0.875. The first-order valence-corrected chi connectivity index (χ1v) is 8.03. The molecule has 2 saturated heterocycles. The van der Waals surface area contributed by atoms with E-state index < -0.39 is 0 Å². The van der Waals surface area contributed by atoms with Gasteiger partial charge in [0.05, 0.1) is 19.7 Å². The molecular weight excluding hydrogens is 284 g/mol.